The summed E-state index contributed by atoms with van der Waals surface area (Å²) in [6, 6.07) is 1.77. The van der Waals surface area contributed by atoms with Gasteiger partial charge in [0.15, 0.2) is 11.2 Å². The predicted molar refractivity (Wildman–Crippen MR) is 103 cm³/mol. The van der Waals surface area contributed by atoms with E-state index in [0.717, 1.165) is 16.0 Å². The van der Waals surface area contributed by atoms with Crippen molar-refractivity contribution in [2.75, 3.05) is 18.5 Å². The lowest BCUT2D eigenvalue weighted by Crippen LogP contribution is -2.39. The summed E-state index contributed by atoms with van der Waals surface area (Å²) in [5.74, 6) is 0.898. The van der Waals surface area contributed by atoms with Crippen LogP contribution in [0.4, 0.5) is 5.95 Å². The molecule has 0 fully saturated rings. The number of nitrogens with zero attached hydrogens (tertiary/aromatic N) is 6. The zero-order valence-electron chi connectivity index (χ0n) is 16.1. The number of likely N-dealkylation sites (N-methyl/N-ethyl adjacent to an activating group) is 1. The molecule has 3 aromatic rings. The summed E-state index contributed by atoms with van der Waals surface area (Å²) in [7, 11) is 3.40. The highest BCUT2D eigenvalue weighted by Crippen LogP contribution is 2.12. The summed E-state index contributed by atoms with van der Waals surface area (Å²) >= 11 is 0. The fourth-order valence-electron chi connectivity index (χ4n) is 3.09. The fourth-order valence-corrected chi connectivity index (χ4v) is 3.09. The van der Waals surface area contributed by atoms with E-state index in [1.165, 1.54) is 4.57 Å². The lowest BCUT2D eigenvalue weighted by atomic mass is 10.3. The Morgan fingerprint density at radius 2 is 1.85 bits per heavy atom. The van der Waals surface area contributed by atoms with Gasteiger partial charge in [0.05, 0.1) is 6.54 Å². The van der Waals surface area contributed by atoms with Gasteiger partial charge < -0.3 is 15.6 Å². The maximum atomic E-state index is 12.9. The van der Waals surface area contributed by atoms with Crippen LogP contribution in [0.25, 0.3) is 11.2 Å². The van der Waals surface area contributed by atoms with Gasteiger partial charge in [-0.05, 0) is 26.8 Å². The quantitative estimate of drug-likeness (QED) is 0.627. The Labute approximate surface area is 155 Å². The van der Waals surface area contributed by atoms with Crippen molar-refractivity contribution in [3.05, 3.63) is 44.1 Å². The van der Waals surface area contributed by atoms with Crippen LogP contribution in [0, 0.1) is 13.8 Å². The molecule has 1 atom stereocenters. The Morgan fingerprint density at radius 3 is 2.44 bits per heavy atom. The summed E-state index contributed by atoms with van der Waals surface area (Å²) in [4.78, 5) is 43.5. The normalized spacial score (nSPS) is 12.5. The minimum Gasteiger partial charge on any atom is -0.344 e. The SMILES string of the molecule is Cc1cc(C)nc(Cn2c(=O)c3[nH]c(N(C)CC(C)N)nc3n(C)c2=O)n1. The molecule has 3 heterocycles. The average Bonchev–Trinajstić information content (AvgIpc) is 3.01. The molecule has 0 aliphatic heterocycles. The van der Waals surface area contributed by atoms with Crippen LogP contribution < -0.4 is 21.9 Å². The lowest BCUT2D eigenvalue weighted by Gasteiger charge is -2.17. The van der Waals surface area contributed by atoms with E-state index in [9.17, 15) is 9.59 Å². The van der Waals surface area contributed by atoms with Crippen LogP contribution in [0.15, 0.2) is 15.7 Å². The molecule has 0 radical (unpaired) electrons. The first-order chi connectivity index (χ1) is 12.7. The number of hydrogen-bond donors (Lipinski definition) is 2. The van der Waals surface area contributed by atoms with Gasteiger partial charge in [-0.25, -0.2) is 14.8 Å². The van der Waals surface area contributed by atoms with Gasteiger partial charge in [0.25, 0.3) is 5.56 Å². The molecule has 3 N–H and O–H groups in total. The standard InChI is InChI=1S/C17H24N8O2/c1-9(18)7-23(4)16-21-13-14(22-16)24(5)17(27)25(15(13)26)8-12-19-10(2)6-11(3)20-12/h6,9H,7-8,18H2,1-5H3,(H,21,22). The van der Waals surface area contributed by atoms with E-state index in [1.807, 2.05) is 38.8 Å². The number of hydrogen-bond acceptors (Lipinski definition) is 7. The van der Waals surface area contributed by atoms with Crippen molar-refractivity contribution >= 4 is 17.1 Å². The minimum atomic E-state index is -0.469. The first-order valence-corrected chi connectivity index (χ1v) is 8.64. The average molecular weight is 372 g/mol. The number of nitrogens with two attached hydrogens (primary N) is 1. The van der Waals surface area contributed by atoms with E-state index in [1.54, 1.807) is 7.05 Å². The molecule has 0 spiro atoms. The van der Waals surface area contributed by atoms with Crippen LogP contribution in [0.3, 0.4) is 0 Å². The largest absolute Gasteiger partial charge is 0.344 e. The van der Waals surface area contributed by atoms with E-state index >= 15 is 0 Å². The van der Waals surface area contributed by atoms with Crippen molar-refractivity contribution in [3.8, 4) is 0 Å². The molecule has 3 rings (SSSR count). The van der Waals surface area contributed by atoms with Crippen LogP contribution in [0.1, 0.15) is 24.1 Å². The van der Waals surface area contributed by atoms with Crippen molar-refractivity contribution in [2.24, 2.45) is 12.8 Å². The Hall–Kier alpha value is -3.01. The summed E-state index contributed by atoms with van der Waals surface area (Å²) < 4.78 is 2.46. The van der Waals surface area contributed by atoms with E-state index in [-0.39, 0.29) is 18.1 Å². The molecule has 0 aromatic carbocycles. The minimum absolute atomic E-state index is 0.00596. The highest BCUT2D eigenvalue weighted by atomic mass is 16.2. The Kier molecular flexibility index (Phi) is 4.83. The molecule has 10 heteroatoms. The number of anilines is 1. The topological polar surface area (TPSA) is 128 Å². The maximum Gasteiger partial charge on any atom is 0.332 e. The molecule has 10 nitrogen and oxygen atoms in total. The van der Waals surface area contributed by atoms with Crippen LogP contribution in [0.2, 0.25) is 0 Å². The molecular weight excluding hydrogens is 348 g/mol. The van der Waals surface area contributed by atoms with Gasteiger partial charge in [-0.2, -0.15) is 4.98 Å². The van der Waals surface area contributed by atoms with Gasteiger partial charge in [-0.1, -0.05) is 0 Å². The highest BCUT2D eigenvalue weighted by molar-refractivity contribution is 5.72. The molecular formula is C17H24N8O2. The number of aromatic nitrogens is 6. The third-order valence-electron chi connectivity index (χ3n) is 4.22. The molecule has 3 aromatic heterocycles. The molecule has 0 amide bonds. The predicted octanol–water partition coefficient (Wildman–Crippen LogP) is -0.338. The fraction of sp³-hybridized carbons (Fsp3) is 0.471. The number of H-pyrrole nitrogens is 1. The number of rotatable bonds is 5. The second kappa shape index (κ2) is 6.95. The molecule has 1 unspecified atom stereocenters. The van der Waals surface area contributed by atoms with Crippen molar-refractivity contribution in [1.29, 1.82) is 0 Å². The highest BCUT2D eigenvalue weighted by Gasteiger charge is 2.18. The first-order valence-electron chi connectivity index (χ1n) is 8.64. The molecule has 0 bridgehead atoms. The Bertz CT molecular complexity index is 1090. The third-order valence-corrected chi connectivity index (χ3v) is 4.22. The lowest BCUT2D eigenvalue weighted by molar-refractivity contribution is 0.632. The summed E-state index contributed by atoms with van der Waals surface area (Å²) in [5.41, 5.74) is 7.02. The second-order valence-electron chi connectivity index (χ2n) is 6.92. The third kappa shape index (κ3) is 3.61. The van der Waals surface area contributed by atoms with E-state index in [0.29, 0.717) is 24.0 Å². The van der Waals surface area contributed by atoms with Gasteiger partial charge >= 0.3 is 5.69 Å². The van der Waals surface area contributed by atoms with Crippen LogP contribution >= 0.6 is 0 Å². The van der Waals surface area contributed by atoms with Crippen LogP contribution in [-0.4, -0.2) is 48.7 Å². The van der Waals surface area contributed by atoms with Crippen molar-refractivity contribution < 1.29 is 0 Å². The monoisotopic (exact) mass is 372 g/mol. The Morgan fingerprint density at radius 1 is 1.22 bits per heavy atom. The number of fused-ring (bicyclic) bond motifs is 1. The molecule has 0 aliphatic rings. The van der Waals surface area contributed by atoms with Gasteiger partial charge in [-0.15, -0.1) is 0 Å². The van der Waals surface area contributed by atoms with Gasteiger partial charge in [0, 0.05) is 38.1 Å². The summed E-state index contributed by atoms with van der Waals surface area (Å²) in [6.45, 7) is 6.12. The van der Waals surface area contributed by atoms with Gasteiger partial charge in [-0.3, -0.25) is 13.9 Å². The van der Waals surface area contributed by atoms with E-state index in [4.69, 9.17) is 5.73 Å². The zero-order valence-corrected chi connectivity index (χ0v) is 16.1. The summed E-state index contributed by atoms with van der Waals surface area (Å²) in [5, 5.41) is 0. The van der Waals surface area contributed by atoms with Crippen molar-refractivity contribution in [1.82, 2.24) is 29.1 Å². The molecule has 0 aliphatic carbocycles. The van der Waals surface area contributed by atoms with Crippen LogP contribution in [-0.2, 0) is 13.6 Å². The molecule has 0 saturated carbocycles. The van der Waals surface area contributed by atoms with Crippen LogP contribution in [0.5, 0.6) is 0 Å². The smallest absolute Gasteiger partial charge is 0.332 e. The van der Waals surface area contributed by atoms with Crippen molar-refractivity contribution in [2.45, 2.75) is 33.4 Å². The molecule has 27 heavy (non-hydrogen) atoms. The second-order valence-corrected chi connectivity index (χ2v) is 6.92. The molecule has 144 valence electrons. The van der Waals surface area contributed by atoms with E-state index in [2.05, 4.69) is 19.9 Å². The maximum absolute atomic E-state index is 12.9. The molecule has 0 saturated heterocycles. The number of nitrogens with one attached hydrogen (secondary N) is 1. The first kappa shape index (κ1) is 18.8. The Balaban J connectivity index is 2.12. The number of aromatic amines is 1. The number of imidazole rings is 1. The van der Waals surface area contributed by atoms with Crippen molar-refractivity contribution in [3.63, 3.8) is 0 Å². The van der Waals surface area contributed by atoms with E-state index < -0.39 is 11.2 Å². The summed E-state index contributed by atoms with van der Waals surface area (Å²) in [6.07, 6.45) is 0. The van der Waals surface area contributed by atoms with Gasteiger partial charge in [0.1, 0.15) is 5.82 Å². The zero-order chi connectivity index (χ0) is 19.9. The number of aryl methyl sites for hydroxylation is 3. The van der Waals surface area contributed by atoms with Gasteiger partial charge in [0.2, 0.25) is 5.95 Å².